The van der Waals surface area contributed by atoms with E-state index in [0.29, 0.717) is 12.3 Å². The summed E-state index contributed by atoms with van der Waals surface area (Å²) in [5.41, 5.74) is -0.714. The summed E-state index contributed by atoms with van der Waals surface area (Å²) in [5, 5.41) is 3.33. The third-order valence-electron chi connectivity index (χ3n) is 5.78. The zero-order valence-corrected chi connectivity index (χ0v) is 21.1. The molecule has 0 aromatic heterocycles. The molecule has 0 radical (unpaired) electrons. The second-order valence-electron chi connectivity index (χ2n) is 10.6. The van der Waals surface area contributed by atoms with Crippen LogP contribution < -0.4 is 5.32 Å². The summed E-state index contributed by atoms with van der Waals surface area (Å²) in [4.78, 5) is 12.3. The Labute approximate surface area is 184 Å². The molecule has 0 aliphatic carbocycles. The number of carbonyl (C=O) groups excluding carboxylic acids is 1. The number of esters is 1. The van der Waals surface area contributed by atoms with Crippen molar-refractivity contribution < 1.29 is 22.7 Å². The zero-order chi connectivity index (χ0) is 23.2. The Bertz CT molecular complexity index is 631. The van der Waals surface area contributed by atoms with Crippen molar-refractivity contribution in [3.8, 4) is 0 Å². The highest BCUT2D eigenvalue weighted by Gasteiger charge is 2.34. The molecule has 1 saturated heterocycles. The predicted octanol–water partition coefficient (Wildman–Crippen LogP) is 3.19. The van der Waals surface area contributed by atoms with Crippen LogP contribution in [-0.4, -0.2) is 68.9 Å². The zero-order valence-electron chi connectivity index (χ0n) is 20.3. The van der Waals surface area contributed by atoms with Crippen LogP contribution in [0.5, 0.6) is 0 Å². The molecule has 0 bridgehead atoms. The van der Waals surface area contributed by atoms with Gasteiger partial charge in [0.15, 0.2) is 0 Å². The van der Waals surface area contributed by atoms with Gasteiger partial charge in [0.1, 0.15) is 12.7 Å². The normalized spacial score (nSPS) is 19.0. The van der Waals surface area contributed by atoms with Crippen molar-refractivity contribution in [2.24, 2.45) is 11.3 Å². The number of nitrogens with zero attached hydrogens (tertiary/aromatic N) is 1. The molecule has 0 saturated carbocycles. The second-order valence-corrected chi connectivity index (χ2v) is 12.6. The Hall–Kier alpha value is -0.700. The molecular weight excluding hydrogens is 404 g/mol. The van der Waals surface area contributed by atoms with Crippen molar-refractivity contribution in [2.75, 3.05) is 32.5 Å². The van der Waals surface area contributed by atoms with E-state index >= 15 is 0 Å². The number of hydrogen-bond donors (Lipinski definition) is 1. The van der Waals surface area contributed by atoms with E-state index in [1.54, 1.807) is 0 Å². The lowest BCUT2D eigenvalue weighted by molar-refractivity contribution is -0.152. The van der Waals surface area contributed by atoms with Crippen molar-refractivity contribution in [3.63, 3.8) is 0 Å². The van der Waals surface area contributed by atoms with Gasteiger partial charge < -0.3 is 14.8 Å². The minimum atomic E-state index is -3.45. The SMILES string of the molecule is C[C@H](O[C@H](COC(=O)CCC1CCNCC1)CN(C(C)(C)C)S(C)(=O)=O)C(C)(C)C. The molecule has 1 rings (SSSR count). The quantitative estimate of drug-likeness (QED) is 0.517. The lowest BCUT2D eigenvalue weighted by Crippen LogP contribution is -2.51. The van der Waals surface area contributed by atoms with Gasteiger partial charge in [-0.05, 0) is 71.4 Å². The molecule has 0 amide bonds. The molecule has 0 aromatic carbocycles. The van der Waals surface area contributed by atoms with Crippen molar-refractivity contribution in [2.45, 2.75) is 91.9 Å². The second kappa shape index (κ2) is 11.2. The first-order valence-corrected chi connectivity index (χ1v) is 12.9. The minimum absolute atomic E-state index is 0.0492. The van der Waals surface area contributed by atoms with Crippen LogP contribution in [0.3, 0.4) is 0 Å². The fourth-order valence-corrected chi connectivity index (χ4v) is 4.90. The fraction of sp³-hybridized carbons (Fsp3) is 0.955. The Morgan fingerprint density at radius 2 is 1.70 bits per heavy atom. The van der Waals surface area contributed by atoms with Gasteiger partial charge >= 0.3 is 5.97 Å². The standard InChI is InChI=1S/C22H44N2O5S/c1-17(21(2,3)4)29-19(15-24(22(5,6)7)30(8,26)27)16-28-20(25)10-9-18-11-13-23-14-12-18/h17-19,23H,9-16H2,1-8H3/t17-,19-/m0/s1. The molecule has 1 fully saturated rings. The smallest absolute Gasteiger partial charge is 0.305 e. The first-order valence-electron chi connectivity index (χ1n) is 11.1. The van der Waals surface area contributed by atoms with E-state index < -0.39 is 21.7 Å². The molecule has 1 N–H and O–H groups in total. The number of hydrogen-bond acceptors (Lipinski definition) is 6. The molecular formula is C22H44N2O5S. The molecule has 178 valence electrons. The van der Waals surface area contributed by atoms with Crippen LogP contribution in [0.15, 0.2) is 0 Å². The summed E-state index contributed by atoms with van der Waals surface area (Å²) in [6, 6.07) is 0. The molecule has 30 heavy (non-hydrogen) atoms. The average molecular weight is 449 g/mol. The maximum atomic E-state index is 12.4. The van der Waals surface area contributed by atoms with Gasteiger partial charge in [0.25, 0.3) is 0 Å². The maximum absolute atomic E-state index is 12.4. The molecule has 0 unspecified atom stereocenters. The lowest BCUT2D eigenvalue weighted by Gasteiger charge is -2.38. The van der Waals surface area contributed by atoms with Crippen molar-refractivity contribution in [1.29, 1.82) is 0 Å². The monoisotopic (exact) mass is 448 g/mol. The summed E-state index contributed by atoms with van der Waals surface area (Å²) >= 11 is 0. The van der Waals surface area contributed by atoms with Crippen LogP contribution in [0.2, 0.25) is 0 Å². The largest absolute Gasteiger partial charge is 0.463 e. The van der Waals surface area contributed by atoms with Crippen LogP contribution >= 0.6 is 0 Å². The van der Waals surface area contributed by atoms with Gasteiger partial charge in [-0.2, -0.15) is 4.31 Å². The van der Waals surface area contributed by atoms with Gasteiger partial charge in [-0.1, -0.05) is 20.8 Å². The average Bonchev–Trinajstić information content (AvgIpc) is 2.60. The third kappa shape index (κ3) is 10.1. The molecule has 2 atom stereocenters. The van der Waals surface area contributed by atoms with E-state index in [9.17, 15) is 13.2 Å². The Morgan fingerprint density at radius 3 is 2.17 bits per heavy atom. The van der Waals surface area contributed by atoms with Gasteiger partial charge in [0.05, 0.1) is 12.4 Å². The van der Waals surface area contributed by atoms with Crippen LogP contribution in [0, 0.1) is 11.3 Å². The summed E-state index contributed by atoms with van der Waals surface area (Å²) in [6.45, 7) is 15.9. The van der Waals surface area contributed by atoms with Crippen LogP contribution in [-0.2, 0) is 24.3 Å². The Kier molecular flexibility index (Phi) is 10.2. The van der Waals surface area contributed by atoms with Crippen LogP contribution in [0.1, 0.15) is 74.1 Å². The molecule has 0 spiro atoms. The highest BCUT2D eigenvalue weighted by molar-refractivity contribution is 7.88. The van der Waals surface area contributed by atoms with Crippen LogP contribution in [0.4, 0.5) is 0 Å². The summed E-state index contributed by atoms with van der Waals surface area (Å²) in [5.74, 6) is 0.320. The molecule has 1 aliphatic heterocycles. The Balaban J connectivity index is 2.76. The van der Waals surface area contributed by atoms with Gasteiger partial charge in [0, 0.05) is 18.5 Å². The van der Waals surface area contributed by atoms with Crippen molar-refractivity contribution >= 4 is 16.0 Å². The summed E-state index contributed by atoms with van der Waals surface area (Å²) in [7, 11) is -3.45. The fourth-order valence-electron chi connectivity index (χ4n) is 3.47. The molecule has 1 aliphatic rings. The highest BCUT2D eigenvalue weighted by Crippen LogP contribution is 2.25. The number of rotatable bonds is 10. The molecule has 8 heteroatoms. The number of carbonyl (C=O) groups is 1. The van der Waals surface area contributed by atoms with E-state index in [1.807, 2.05) is 27.7 Å². The topological polar surface area (TPSA) is 84.9 Å². The van der Waals surface area contributed by atoms with Gasteiger partial charge in [-0.15, -0.1) is 0 Å². The molecule has 0 aromatic rings. The lowest BCUT2D eigenvalue weighted by atomic mass is 9.90. The minimum Gasteiger partial charge on any atom is -0.463 e. The highest BCUT2D eigenvalue weighted by atomic mass is 32.2. The third-order valence-corrected chi connectivity index (χ3v) is 7.28. The number of piperidine rings is 1. The van der Waals surface area contributed by atoms with Crippen molar-refractivity contribution in [3.05, 3.63) is 0 Å². The van der Waals surface area contributed by atoms with Crippen molar-refractivity contribution in [1.82, 2.24) is 9.62 Å². The maximum Gasteiger partial charge on any atom is 0.305 e. The number of ether oxygens (including phenoxy) is 2. The van der Waals surface area contributed by atoms with E-state index in [-0.39, 0.29) is 30.6 Å². The summed E-state index contributed by atoms with van der Waals surface area (Å²) in [6.07, 6.45) is 3.96. The van der Waals surface area contributed by atoms with E-state index in [2.05, 4.69) is 26.1 Å². The summed E-state index contributed by atoms with van der Waals surface area (Å²) < 4.78 is 37.9. The van der Waals surface area contributed by atoms with Gasteiger partial charge in [0.2, 0.25) is 10.0 Å². The molecule has 7 nitrogen and oxygen atoms in total. The van der Waals surface area contributed by atoms with Gasteiger partial charge in [-0.25, -0.2) is 8.42 Å². The van der Waals surface area contributed by atoms with Crippen LogP contribution in [0.25, 0.3) is 0 Å². The number of nitrogens with one attached hydrogen (secondary N) is 1. The van der Waals surface area contributed by atoms with E-state index in [4.69, 9.17) is 9.47 Å². The Morgan fingerprint density at radius 1 is 1.13 bits per heavy atom. The van der Waals surface area contributed by atoms with E-state index in [1.165, 1.54) is 10.6 Å². The first-order chi connectivity index (χ1) is 13.6. The predicted molar refractivity (Wildman–Crippen MR) is 121 cm³/mol. The van der Waals surface area contributed by atoms with E-state index in [0.717, 1.165) is 32.4 Å². The first kappa shape index (κ1) is 27.3. The molecule has 1 heterocycles. The van der Waals surface area contributed by atoms with Gasteiger partial charge in [-0.3, -0.25) is 4.79 Å². The number of sulfonamides is 1.